The first-order chi connectivity index (χ1) is 14.0. The van der Waals surface area contributed by atoms with Gasteiger partial charge in [-0.25, -0.2) is 0 Å². The number of benzene rings is 3. The van der Waals surface area contributed by atoms with E-state index >= 15 is 0 Å². The summed E-state index contributed by atoms with van der Waals surface area (Å²) >= 11 is 21.8. The summed E-state index contributed by atoms with van der Waals surface area (Å²) in [4.78, 5) is 0. The second-order valence-corrected chi connectivity index (χ2v) is 8.42. The van der Waals surface area contributed by atoms with E-state index in [1.54, 1.807) is 19.2 Å². The number of hydrogen-bond acceptors (Lipinski definition) is 3. The van der Waals surface area contributed by atoms with Crippen molar-refractivity contribution in [1.29, 1.82) is 0 Å². The van der Waals surface area contributed by atoms with Crippen LogP contribution < -0.4 is 14.8 Å². The Hall–Kier alpha value is -1.14. The molecule has 1 N–H and O–H groups in total. The van der Waals surface area contributed by atoms with Crippen molar-refractivity contribution < 1.29 is 9.47 Å². The molecule has 0 atom stereocenters. The Labute approximate surface area is 206 Å². The molecule has 0 unspecified atom stereocenters. The van der Waals surface area contributed by atoms with E-state index in [9.17, 15) is 0 Å². The Kier molecular flexibility index (Phi) is 10.1. The zero-order valence-electron chi connectivity index (χ0n) is 16.1. The minimum atomic E-state index is 0. The highest BCUT2D eigenvalue weighted by atomic mass is 79.9. The molecule has 0 amide bonds. The summed E-state index contributed by atoms with van der Waals surface area (Å²) in [6, 6.07) is 17.2. The van der Waals surface area contributed by atoms with Crippen LogP contribution in [0, 0.1) is 0 Å². The zero-order chi connectivity index (χ0) is 20.8. The van der Waals surface area contributed by atoms with E-state index in [0.717, 1.165) is 26.2 Å². The van der Waals surface area contributed by atoms with E-state index in [4.69, 9.17) is 44.3 Å². The number of nitrogens with one attached hydrogen (secondary N) is 1. The van der Waals surface area contributed by atoms with Crippen LogP contribution in [0.1, 0.15) is 16.7 Å². The molecule has 0 bridgehead atoms. The maximum Gasteiger partial charge on any atom is 0.175 e. The van der Waals surface area contributed by atoms with Crippen molar-refractivity contribution in [3.63, 3.8) is 0 Å². The van der Waals surface area contributed by atoms with Gasteiger partial charge < -0.3 is 14.8 Å². The first kappa shape index (κ1) is 25.1. The van der Waals surface area contributed by atoms with Crippen LogP contribution in [0.25, 0.3) is 0 Å². The summed E-state index contributed by atoms with van der Waals surface area (Å²) in [6.45, 7) is 1.68. The van der Waals surface area contributed by atoms with Crippen molar-refractivity contribution >= 4 is 63.1 Å². The van der Waals surface area contributed by atoms with Gasteiger partial charge in [0, 0.05) is 18.1 Å². The minimum Gasteiger partial charge on any atom is -0.493 e. The van der Waals surface area contributed by atoms with Crippen LogP contribution >= 0.6 is 63.1 Å². The van der Waals surface area contributed by atoms with Gasteiger partial charge in [-0.2, -0.15) is 0 Å². The second kappa shape index (κ2) is 12.0. The average Bonchev–Trinajstić information content (AvgIpc) is 2.70. The summed E-state index contributed by atoms with van der Waals surface area (Å²) in [5.41, 5.74) is 3.03. The Morgan fingerprint density at radius 2 is 1.63 bits per heavy atom. The molecule has 0 fully saturated rings. The van der Waals surface area contributed by atoms with Gasteiger partial charge in [0.05, 0.1) is 21.6 Å². The molecule has 0 aliphatic rings. The third-order valence-corrected chi connectivity index (χ3v) is 5.96. The molecule has 160 valence electrons. The summed E-state index contributed by atoms with van der Waals surface area (Å²) in [6.07, 6.45) is 0. The Morgan fingerprint density at radius 3 is 2.33 bits per heavy atom. The van der Waals surface area contributed by atoms with Crippen molar-refractivity contribution in [2.75, 3.05) is 7.11 Å². The van der Waals surface area contributed by atoms with Crippen LogP contribution in [0.5, 0.6) is 11.5 Å². The monoisotopic (exact) mass is 549 g/mol. The summed E-state index contributed by atoms with van der Waals surface area (Å²) in [7, 11) is 1.62. The van der Waals surface area contributed by atoms with Gasteiger partial charge in [-0.3, -0.25) is 0 Å². The van der Waals surface area contributed by atoms with Gasteiger partial charge in [0.1, 0.15) is 6.61 Å². The van der Waals surface area contributed by atoms with Gasteiger partial charge in [-0.05, 0) is 63.0 Å². The highest BCUT2D eigenvalue weighted by molar-refractivity contribution is 9.10. The van der Waals surface area contributed by atoms with Crippen molar-refractivity contribution in [3.8, 4) is 11.5 Å². The molecule has 0 radical (unpaired) electrons. The summed E-state index contributed by atoms with van der Waals surface area (Å²) < 4.78 is 12.3. The lowest BCUT2D eigenvalue weighted by atomic mass is 10.1. The molecule has 3 aromatic rings. The van der Waals surface area contributed by atoms with Crippen LogP contribution in [-0.2, 0) is 19.7 Å². The SMILES string of the molecule is COc1cc(CNCc2ccccc2Cl)cc(Br)c1OCc1ccc(Cl)c(Cl)c1.Cl. The van der Waals surface area contributed by atoms with E-state index in [-0.39, 0.29) is 12.4 Å². The molecule has 0 spiro atoms. The Balaban J connectivity index is 0.00000320. The van der Waals surface area contributed by atoms with E-state index in [1.807, 2.05) is 42.5 Å². The normalized spacial score (nSPS) is 10.4. The third kappa shape index (κ3) is 6.68. The number of halogens is 5. The van der Waals surface area contributed by atoms with Crippen molar-refractivity contribution in [3.05, 3.63) is 90.8 Å². The fourth-order valence-corrected chi connectivity index (χ4v) is 3.91. The second-order valence-electron chi connectivity index (χ2n) is 6.34. The van der Waals surface area contributed by atoms with E-state index in [0.29, 0.717) is 41.2 Å². The molecule has 3 rings (SSSR count). The fourth-order valence-electron chi connectivity index (χ4n) is 2.78. The smallest absolute Gasteiger partial charge is 0.175 e. The maximum absolute atomic E-state index is 6.20. The molecule has 0 aliphatic heterocycles. The van der Waals surface area contributed by atoms with Crippen molar-refractivity contribution in [1.82, 2.24) is 5.32 Å². The topological polar surface area (TPSA) is 30.5 Å². The van der Waals surface area contributed by atoms with Crippen LogP contribution in [0.15, 0.2) is 59.1 Å². The van der Waals surface area contributed by atoms with E-state index < -0.39 is 0 Å². The maximum atomic E-state index is 6.20. The molecule has 0 aromatic heterocycles. The molecule has 0 saturated heterocycles. The molecule has 3 nitrogen and oxygen atoms in total. The quantitative estimate of drug-likeness (QED) is 0.311. The lowest BCUT2D eigenvalue weighted by Crippen LogP contribution is -2.13. The van der Waals surface area contributed by atoms with Crippen LogP contribution in [0.2, 0.25) is 15.1 Å². The predicted molar refractivity (Wildman–Crippen MR) is 131 cm³/mol. The van der Waals surface area contributed by atoms with Gasteiger partial charge in [0.15, 0.2) is 11.5 Å². The molecule has 30 heavy (non-hydrogen) atoms. The van der Waals surface area contributed by atoms with Gasteiger partial charge in [-0.1, -0.05) is 59.1 Å². The van der Waals surface area contributed by atoms with Crippen molar-refractivity contribution in [2.45, 2.75) is 19.7 Å². The first-order valence-corrected chi connectivity index (χ1v) is 10.8. The van der Waals surface area contributed by atoms with E-state index in [1.165, 1.54) is 0 Å². The lowest BCUT2D eigenvalue weighted by Gasteiger charge is -2.15. The number of hydrogen-bond donors (Lipinski definition) is 1. The number of rotatable bonds is 8. The fraction of sp³-hybridized carbons (Fsp3) is 0.182. The molecule has 0 saturated carbocycles. The first-order valence-electron chi connectivity index (χ1n) is 8.85. The van der Waals surface area contributed by atoms with Crippen LogP contribution in [0.3, 0.4) is 0 Å². The highest BCUT2D eigenvalue weighted by Gasteiger charge is 2.13. The average molecular weight is 552 g/mol. The third-order valence-electron chi connectivity index (χ3n) is 4.26. The Morgan fingerprint density at radius 1 is 0.867 bits per heavy atom. The minimum absolute atomic E-state index is 0. The van der Waals surface area contributed by atoms with Crippen LogP contribution in [-0.4, -0.2) is 7.11 Å². The zero-order valence-corrected chi connectivity index (χ0v) is 20.7. The standard InChI is InChI=1S/C22H19BrCl3NO2.ClH/c1-28-21-10-15(11-27-12-16-4-2-3-5-18(16)24)8-17(23)22(21)29-13-14-6-7-19(25)20(26)9-14;/h2-10,27H,11-13H2,1H3;1H. The van der Waals surface area contributed by atoms with E-state index in [2.05, 4.69) is 21.2 Å². The number of methoxy groups -OCH3 is 1. The molecular formula is C22H20BrCl4NO2. The molecule has 8 heteroatoms. The predicted octanol–water partition coefficient (Wildman–Crippen LogP) is 7.71. The lowest BCUT2D eigenvalue weighted by molar-refractivity contribution is 0.282. The van der Waals surface area contributed by atoms with Gasteiger partial charge in [0.2, 0.25) is 0 Å². The largest absolute Gasteiger partial charge is 0.493 e. The summed E-state index contributed by atoms with van der Waals surface area (Å²) in [5.74, 6) is 1.28. The van der Waals surface area contributed by atoms with Crippen molar-refractivity contribution in [2.24, 2.45) is 0 Å². The van der Waals surface area contributed by atoms with Gasteiger partial charge in [0.25, 0.3) is 0 Å². The molecule has 0 heterocycles. The molecular weight excluding hydrogens is 532 g/mol. The van der Waals surface area contributed by atoms with Gasteiger partial charge in [-0.15, -0.1) is 12.4 Å². The summed E-state index contributed by atoms with van der Waals surface area (Å²) in [5, 5.41) is 5.17. The van der Waals surface area contributed by atoms with Gasteiger partial charge >= 0.3 is 0 Å². The molecule has 0 aliphatic carbocycles. The highest BCUT2D eigenvalue weighted by Crippen LogP contribution is 2.37. The number of ether oxygens (including phenoxy) is 2. The molecule has 3 aromatic carbocycles. The Bertz CT molecular complexity index is 1000. The van der Waals surface area contributed by atoms with Crippen LogP contribution in [0.4, 0.5) is 0 Å².